The molecule has 0 radical (unpaired) electrons. The van der Waals surface area contributed by atoms with Crippen LogP contribution in [0.15, 0.2) is 54.6 Å². The molecule has 3 nitrogen and oxygen atoms in total. The lowest BCUT2D eigenvalue weighted by Crippen LogP contribution is -2.35. The van der Waals surface area contributed by atoms with Gasteiger partial charge in [0.25, 0.3) is 0 Å². The minimum absolute atomic E-state index is 0.366. The van der Waals surface area contributed by atoms with Crippen molar-refractivity contribution in [3.05, 3.63) is 65.2 Å². The second-order valence-corrected chi connectivity index (χ2v) is 5.96. The smallest absolute Gasteiger partial charge is 0.311 e. The van der Waals surface area contributed by atoms with Crippen molar-refractivity contribution >= 4 is 23.3 Å². The van der Waals surface area contributed by atoms with E-state index >= 15 is 0 Å². The van der Waals surface area contributed by atoms with Crippen molar-refractivity contribution in [3.8, 4) is 0 Å². The highest BCUT2D eigenvalue weighted by Crippen LogP contribution is 2.37. The molecule has 0 spiro atoms. The van der Waals surface area contributed by atoms with E-state index in [4.69, 9.17) is 11.6 Å². The van der Waals surface area contributed by atoms with E-state index in [1.165, 1.54) is 0 Å². The lowest BCUT2D eigenvalue weighted by atomic mass is 9.80. The Morgan fingerprint density at radius 1 is 1.10 bits per heavy atom. The van der Waals surface area contributed by atoms with Crippen LogP contribution in [0.25, 0.3) is 0 Å². The fourth-order valence-corrected chi connectivity index (χ4v) is 2.29. The first-order valence-corrected chi connectivity index (χ1v) is 7.09. The molecule has 21 heavy (non-hydrogen) atoms. The predicted molar refractivity (Wildman–Crippen MR) is 85.7 cm³/mol. The van der Waals surface area contributed by atoms with Crippen LogP contribution in [0.1, 0.15) is 25.5 Å². The summed E-state index contributed by atoms with van der Waals surface area (Å²) in [5.74, 6) is -0.856. The Morgan fingerprint density at radius 3 is 2.19 bits per heavy atom. The van der Waals surface area contributed by atoms with E-state index in [2.05, 4.69) is 5.32 Å². The van der Waals surface area contributed by atoms with Crippen LogP contribution in [0.4, 0.5) is 5.69 Å². The van der Waals surface area contributed by atoms with E-state index in [0.29, 0.717) is 5.02 Å². The summed E-state index contributed by atoms with van der Waals surface area (Å²) >= 11 is 5.92. The minimum Gasteiger partial charge on any atom is -0.481 e. The molecule has 0 amide bonds. The summed E-state index contributed by atoms with van der Waals surface area (Å²) in [6, 6.07) is 16.5. The zero-order valence-corrected chi connectivity index (χ0v) is 12.8. The molecule has 0 bridgehead atoms. The number of nitrogens with one attached hydrogen (secondary N) is 1. The van der Waals surface area contributed by atoms with Gasteiger partial charge in [0.05, 0.1) is 11.5 Å². The quantitative estimate of drug-likeness (QED) is 0.848. The average molecular weight is 304 g/mol. The Kier molecular flexibility index (Phi) is 4.53. The first-order valence-electron chi connectivity index (χ1n) is 6.71. The fourth-order valence-electron chi connectivity index (χ4n) is 2.16. The average Bonchev–Trinajstić information content (AvgIpc) is 2.46. The van der Waals surface area contributed by atoms with Crippen molar-refractivity contribution in [3.63, 3.8) is 0 Å². The Hall–Kier alpha value is -2.00. The first-order chi connectivity index (χ1) is 9.91. The maximum atomic E-state index is 11.6. The van der Waals surface area contributed by atoms with Gasteiger partial charge in [-0.15, -0.1) is 0 Å². The molecule has 1 atom stereocenters. The number of anilines is 1. The summed E-state index contributed by atoms with van der Waals surface area (Å²) in [7, 11) is 0. The van der Waals surface area contributed by atoms with Crippen LogP contribution in [-0.2, 0) is 4.79 Å². The van der Waals surface area contributed by atoms with Gasteiger partial charge in [0.2, 0.25) is 0 Å². The van der Waals surface area contributed by atoms with E-state index in [-0.39, 0.29) is 6.04 Å². The lowest BCUT2D eigenvalue weighted by molar-refractivity contribution is -0.147. The molecule has 0 heterocycles. The Labute approximate surface area is 129 Å². The standard InChI is InChI=1S/C17H18ClNO2/c1-17(2,16(20)21)15(12-8-10-13(18)11-9-12)19-14-6-4-3-5-7-14/h3-11,15,19H,1-2H3,(H,20,21). The van der Waals surface area contributed by atoms with Crippen LogP contribution >= 0.6 is 11.6 Å². The van der Waals surface area contributed by atoms with Crippen molar-refractivity contribution < 1.29 is 9.90 Å². The number of para-hydroxylation sites is 1. The summed E-state index contributed by atoms with van der Waals surface area (Å²) in [6.07, 6.45) is 0. The SMILES string of the molecule is CC(C)(C(=O)O)C(Nc1ccccc1)c1ccc(Cl)cc1. The molecule has 2 aromatic carbocycles. The second-order valence-electron chi connectivity index (χ2n) is 5.52. The fraction of sp³-hybridized carbons (Fsp3) is 0.235. The zero-order valence-electron chi connectivity index (χ0n) is 12.0. The van der Waals surface area contributed by atoms with E-state index in [1.54, 1.807) is 26.0 Å². The van der Waals surface area contributed by atoms with Gasteiger partial charge in [0, 0.05) is 10.7 Å². The molecule has 0 fully saturated rings. The Bertz CT molecular complexity index is 608. The van der Waals surface area contributed by atoms with Crippen LogP contribution in [0.2, 0.25) is 5.02 Å². The molecule has 0 aliphatic heterocycles. The zero-order chi connectivity index (χ0) is 15.5. The number of benzene rings is 2. The molecule has 0 aliphatic carbocycles. The molecule has 2 rings (SSSR count). The van der Waals surface area contributed by atoms with Crippen LogP contribution in [0.5, 0.6) is 0 Å². The topological polar surface area (TPSA) is 49.3 Å². The first kappa shape index (κ1) is 15.4. The van der Waals surface area contributed by atoms with Gasteiger partial charge in [-0.05, 0) is 43.7 Å². The highest BCUT2D eigenvalue weighted by atomic mass is 35.5. The molecule has 2 N–H and O–H groups in total. The summed E-state index contributed by atoms with van der Waals surface area (Å²) in [6.45, 7) is 3.43. The summed E-state index contributed by atoms with van der Waals surface area (Å²) in [4.78, 5) is 11.6. The van der Waals surface area contributed by atoms with Gasteiger partial charge in [-0.25, -0.2) is 0 Å². The van der Waals surface area contributed by atoms with Gasteiger partial charge in [-0.3, -0.25) is 4.79 Å². The van der Waals surface area contributed by atoms with Crippen molar-refractivity contribution in [1.82, 2.24) is 0 Å². The summed E-state index contributed by atoms with van der Waals surface area (Å²) < 4.78 is 0. The van der Waals surface area contributed by atoms with E-state index in [0.717, 1.165) is 11.3 Å². The molecule has 4 heteroatoms. The van der Waals surface area contributed by atoms with Crippen molar-refractivity contribution in [2.45, 2.75) is 19.9 Å². The van der Waals surface area contributed by atoms with E-state index in [1.807, 2.05) is 42.5 Å². The van der Waals surface area contributed by atoms with Gasteiger partial charge in [-0.1, -0.05) is 41.9 Å². The number of aliphatic carboxylic acids is 1. The van der Waals surface area contributed by atoms with Crippen LogP contribution < -0.4 is 5.32 Å². The molecule has 1 unspecified atom stereocenters. The third kappa shape index (κ3) is 3.56. The summed E-state index contributed by atoms with van der Waals surface area (Å²) in [5.41, 5.74) is 0.798. The second kappa shape index (κ2) is 6.19. The van der Waals surface area contributed by atoms with Gasteiger partial charge in [0.15, 0.2) is 0 Å². The number of halogens is 1. The monoisotopic (exact) mass is 303 g/mol. The van der Waals surface area contributed by atoms with Crippen LogP contribution in [0.3, 0.4) is 0 Å². The molecule has 0 aliphatic rings. The number of hydrogen-bond acceptors (Lipinski definition) is 2. The normalized spacial score (nSPS) is 12.7. The van der Waals surface area contributed by atoms with Gasteiger partial charge in [-0.2, -0.15) is 0 Å². The molecule has 110 valence electrons. The lowest BCUT2D eigenvalue weighted by Gasteiger charge is -2.32. The largest absolute Gasteiger partial charge is 0.481 e. The maximum absolute atomic E-state index is 11.6. The Balaban J connectivity index is 2.39. The van der Waals surface area contributed by atoms with Crippen molar-refractivity contribution in [1.29, 1.82) is 0 Å². The molecule has 2 aromatic rings. The van der Waals surface area contributed by atoms with E-state index < -0.39 is 11.4 Å². The molecule has 0 saturated carbocycles. The summed E-state index contributed by atoms with van der Waals surface area (Å²) in [5, 5.41) is 13.5. The van der Waals surface area contributed by atoms with Crippen LogP contribution in [0, 0.1) is 5.41 Å². The number of rotatable bonds is 5. The van der Waals surface area contributed by atoms with Crippen molar-refractivity contribution in [2.24, 2.45) is 5.41 Å². The Morgan fingerprint density at radius 2 is 1.67 bits per heavy atom. The van der Waals surface area contributed by atoms with Crippen LogP contribution in [-0.4, -0.2) is 11.1 Å². The molecular formula is C17H18ClNO2. The number of carbonyl (C=O) groups is 1. The third-order valence-electron chi connectivity index (χ3n) is 3.56. The van der Waals surface area contributed by atoms with Gasteiger partial charge < -0.3 is 10.4 Å². The highest BCUT2D eigenvalue weighted by molar-refractivity contribution is 6.30. The van der Waals surface area contributed by atoms with E-state index in [9.17, 15) is 9.90 Å². The third-order valence-corrected chi connectivity index (χ3v) is 3.81. The minimum atomic E-state index is -0.969. The molecular weight excluding hydrogens is 286 g/mol. The maximum Gasteiger partial charge on any atom is 0.311 e. The molecule has 0 aromatic heterocycles. The number of hydrogen-bond donors (Lipinski definition) is 2. The number of carboxylic acid groups (broad SMARTS) is 1. The van der Waals surface area contributed by atoms with Crippen molar-refractivity contribution in [2.75, 3.05) is 5.32 Å². The number of carboxylic acids is 1. The van der Waals surface area contributed by atoms with Gasteiger partial charge in [0.1, 0.15) is 0 Å². The predicted octanol–water partition coefficient (Wildman–Crippen LogP) is 4.60. The highest BCUT2D eigenvalue weighted by Gasteiger charge is 2.38. The molecule has 0 saturated heterocycles. The van der Waals surface area contributed by atoms with Gasteiger partial charge >= 0.3 is 5.97 Å².